The lowest BCUT2D eigenvalue weighted by molar-refractivity contribution is -0.323. The number of aliphatic hydroxyl groups excluding tert-OH is 6. The summed E-state index contributed by atoms with van der Waals surface area (Å²) >= 11 is 0. The van der Waals surface area contributed by atoms with Gasteiger partial charge in [0.05, 0.1) is 24.9 Å². The maximum atomic E-state index is 12.4. The summed E-state index contributed by atoms with van der Waals surface area (Å²) in [5.74, 6) is -0.632. The fourth-order valence-corrected chi connectivity index (χ4v) is 5.80. The van der Waals surface area contributed by atoms with Crippen LogP contribution in [0.15, 0.2) is 72.9 Å². The highest BCUT2D eigenvalue weighted by Crippen LogP contribution is 2.33. The maximum absolute atomic E-state index is 12.4. The fraction of sp³-hybridized carbons (Fsp3) is 0.667. The van der Waals surface area contributed by atoms with Crippen molar-refractivity contribution in [2.75, 3.05) is 13.2 Å². The van der Waals surface area contributed by atoms with Gasteiger partial charge in [0.2, 0.25) is 0 Å². The third-order valence-electron chi connectivity index (χ3n) is 8.78. The molecule has 0 bridgehead atoms. The maximum Gasteiger partial charge on any atom is 0.186 e. The van der Waals surface area contributed by atoms with Crippen molar-refractivity contribution in [3.8, 4) is 0 Å². The van der Waals surface area contributed by atoms with Crippen LogP contribution >= 0.6 is 0 Å². The van der Waals surface area contributed by atoms with Crippen LogP contribution in [-0.2, 0) is 19.0 Å². The number of ether oxygens (including phenoxy) is 3. The smallest absolute Gasteiger partial charge is 0.186 e. The Kier molecular flexibility index (Phi) is 22.5. The Bertz CT molecular complexity index is 1060. The van der Waals surface area contributed by atoms with Crippen molar-refractivity contribution in [1.82, 2.24) is 0 Å². The van der Waals surface area contributed by atoms with E-state index in [1.54, 1.807) is 6.92 Å². The standard InChI is InChI=1S/C39H62O10/c1-3-5-6-7-8-9-10-11-12-13-14-15-16-17-18-19-20-21-22-24-30(41)25-23-26-47-39-38(37(46)34(43)31(4-2)49-39)48-32-27-29(28-40)33(42)36(45)35(32)44/h5-6,8-9,11-12,14-15,17-18,20-21,29,31-40,42-46H,3-4,7,10,13,16,19,22-28H2,1-2H3/b6-5-,9-8-,12-11-,15-14-,18-17-,21-20-/t29-,31-,32-,33-,34-,35+,36+,37+,38-,39-/m1/s1. The molecule has 0 spiro atoms. The van der Waals surface area contributed by atoms with E-state index in [0.29, 0.717) is 32.1 Å². The van der Waals surface area contributed by atoms with Crippen LogP contribution in [-0.4, -0.2) is 105 Å². The molecule has 0 amide bonds. The normalized spacial score (nSPS) is 31.5. The van der Waals surface area contributed by atoms with Gasteiger partial charge in [0.1, 0.15) is 36.3 Å². The third kappa shape index (κ3) is 16.1. The minimum absolute atomic E-state index is 0.0183. The SMILES string of the molecule is CC/C=C\C/C=C\C/C=C\C/C=C\C/C=C\C/C=C\CCC(=O)CCCO[C@@H]1O[C@H](CC)[C@@H](O)[C@H](O)[C@H]1O[C@@H]1C[C@H](CO)[C@@H](O)[C@H](O)[C@H]1O. The molecular weight excluding hydrogens is 628 g/mol. The molecule has 1 saturated heterocycles. The summed E-state index contributed by atoms with van der Waals surface area (Å²) in [5, 5.41) is 61.8. The van der Waals surface area contributed by atoms with Crippen LogP contribution in [0.25, 0.3) is 0 Å². The number of carbonyl (C=O) groups is 1. The molecule has 278 valence electrons. The molecule has 1 heterocycles. The van der Waals surface area contributed by atoms with E-state index < -0.39 is 67.6 Å². The Labute approximate surface area is 293 Å². The first kappa shape index (κ1) is 42.9. The van der Waals surface area contributed by atoms with E-state index in [4.69, 9.17) is 14.2 Å². The van der Waals surface area contributed by atoms with E-state index >= 15 is 0 Å². The first-order valence-electron chi connectivity index (χ1n) is 18.1. The zero-order valence-electron chi connectivity index (χ0n) is 29.4. The van der Waals surface area contributed by atoms with Gasteiger partial charge < -0.3 is 44.8 Å². The summed E-state index contributed by atoms with van der Waals surface area (Å²) in [6.07, 6.45) is 22.6. The van der Waals surface area contributed by atoms with Gasteiger partial charge in [-0.25, -0.2) is 0 Å². The fourth-order valence-electron chi connectivity index (χ4n) is 5.80. The summed E-state index contributed by atoms with van der Waals surface area (Å²) in [4.78, 5) is 12.4. The number of allylic oxidation sites excluding steroid dienone is 12. The molecule has 0 aromatic carbocycles. The van der Waals surface area contributed by atoms with E-state index in [1.165, 1.54) is 0 Å². The zero-order chi connectivity index (χ0) is 35.9. The number of hydrogen-bond acceptors (Lipinski definition) is 10. The summed E-state index contributed by atoms with van der Waals surface area (Å²) in [6, 6.07) is 0. The number of ketones is 1. The van der Waals surface area contributed by atoms with Crippen LogP contribution in [0.4, 0.5) is 0 Å². The second kappa shape index (κ2) is 25.7. The van der Waals surface area contributed by atoms with Gasteiger partial charge in [-0.15, -0.1) is 0 Å². The van der Waals surface area contributed by atoms with Crippen LogP contribution in [0, 0.1) is 5.92 Å². The van der Waals surface area contributed by atoms with Gasteiger partial charge in [-0.3, -0.25) is 4.79 Å². The second-order valence-electron chi connectivity index (χ2n) is 12.7. The highest BCUT2D eigenvalue weighted by molar-refractivity contribution is 5.78. The van der Waals surface area contributed by atoms with Crippen LogP contribution in [0.2, 0.25) is 0 Å². The van der Waals surface area contributed by atoms with Crippen molar-refractivity contribution in [1.29, 1.82) is 0 Å². The van der Waals surface area contributed by atoms with E-state index in [-0.39, 0.29) is 18.8 Å². The summed E-state index contributed by atoms with van der Waals surface area (Å²) in [7, 11) is 0. The topological polar surface area (TPSA) is 166 Å². The van der Waals surface area contributed by atoms with Crippen molar-refractivity contribution in [3.05, 3.63) is 72.9 Å². The van der Waals surface area contributed by atoms with Gasteiger partial charge in [-0.2, -0.15) is 0 Å². The average Bonchev–Trinajstić information content (AvgIpc) is 3.10. The molecule has 1 aliphatic carbocycles. The number of Topliss-reactive ketones (excluding diaryl/α,β-unsaturated/α-hetero) is 1. The van der Waals surface area contributed by atoms with Crippen LogP contribution < -0.4 is 0 Å². The highest BCUT2D eigenvalue weighted by atomic mass is 16.7. The quantitative estimate of drug-likeness (QED) is 0.0663. The first-order chi connectivity index (χ1) is 23.7. The van der Waals surface area contributed by atoms with Crippen molar-refractivity contribution >= 4 is 5.78 Å². The summed E-state index contributed by atoms with van der Waals surface area (Å²) < 4.78 is 17.7. The lowest BCUT2D eigenvalue weighted by Gasteiger charge is -2.46. The first-order valence-corrected chi connectivity index (χ1v) is 18.1. The van der Waals surface area contributed by atoms with E-state index in [0.717, 1.165) is 38.5 Å². The predicted octanol–water partition coefficient (Wildman–Crippen LogP) is 4.54. The van der Waals surface area contributed by atoms with Crippen molar-refractivity contribution < 1.29 is 49.6 Å². The molecule has 10 nitrogen and oxygen atoms in total. The minimum atomic E-state index is -1.55. The number of rotatable bonds is 23. The molecule has 1 saturated carbocycles. The molecule has 1 aliphatic heterocycles. The molecule has 49 heavy (non-hydrogen) atoms. The molecule has 2 fully saturated rings. The average molecular weight is 691 g/mol. The van der Waals surface area contributed by atoms with Gasteiger partial charge in [0, 0.05) is 25.4 Å². The van der Waals surface area contributed by atoms with Crippen molar-refractivity contribution in [2.24, 2.45) is 5.92 Å². The van der Waals surface area contributed by atoms with Gasteiger partial charge >= 0.3 is 0 Å². The van der Waals surface area contributed by atoms with E-state index in [9.17, 15) is 35.4 Å². The summed E-state index contributed by atoms with van der Waals surface area (Å²) in [6.45, 7) is 3.65. The number of carbonyl (C=O) groups excluding carboxylic acids is 1. The zero-order valence-corrected chi connectivity index (χ0v) is 29.4. The predicted molar refractivity (Wildman–Crippen MR) is 190 cm³/mol. The Morgan fingerprint density at radius 1 is 0.694 bits per heavy atom. The number of hydrogen-bond donors (Lipinski definition) is 6. The molecule has 2 rings (SSSR count). The van der Waals surface area contributed by atoms with E-state index in [1.807, 2.05) is 6.08 Å². The van der Waals surface area contributed by atoms with Gasteiger partial charge in [-0.05, 0) is 64.2 Å². The molecule has 0 radical (unpaired) electrons. The van der Waals surface area contributed by atoms with E-state index in [2.05, 4.69) is 73.8 Å². The molecule has 10 atom stereocenters. The minimum Gasteiger partial charge on any atom is -0.396 e. The van der Waals surface area contributed by atoms with Crippen LogP contribution in [0.1, 0.15) is 90.9 Å². The Morgan fingerprint density at radius 2 is 1.24 bits per heavy atom. The number of aliphatic hydroxyl groups is 6. The second-order valence-corrected chi connectivity index (χ2v) is 12.7. The van der Waals surface area contributed by atoms with Crippen molar-refractivity contribution in [3.63, 3.8) is 0 Å². The van der Waals surface area contributed by atoms with Crippen molar-refractivity contribution in [2.45, 2.75) is 146 Å². The lowest BCUT2D eigenvalue weighted by atomic mass is 9.81. The Morgan fingerprint density at radius 3 is 1.78 bits per heavy atom. The molecule has 6 N–H and O–H groups in total. The third-order valence-corrected chi connectivity index (χ3v) is 8.78. The summed E-state index contributed by atoms with van der Waals surface area (Å²) in [5.41, 5.74) is 0. The highest BCUT2D eigenvalue weighted by Gasteiger charge is 2.49. The van der Waals surface area contributed by atoms with Crippen LogP contribution in [0.3, 0.4) is 0 Å². The van der Waals surface area contributed by atoms with Crippen LogP contribution in [0.5, 0.6) is 0 Å². The van der Waals surface area contributed by atoms with Gasteiger partial charge in [-0.1, -0.05) is 86.8 Å². The Hall–Kier alpha value is -2.25. The molecule has 0 aromatic heterocycles. The van der Waals surface area contributed by atoms with Gasteiger partial charge in [0.15, 0.2) is 6.29 Å². The molecule has 0 aromatic rings. The molecule has 0 unspecified atom stereocenters. The molecular formula is C39H62O10. The molecule has 10 heteroatoms. The Balaban J connectivity index is 1.65. The monoisotopic (exact) mass is 690 g/mol. The molecule has 2 aliphatic rings. The lowest BCUT2D eigenvalue weighted by Crippen LogP contribution is -2.62. The van der Waals surface area contributed by atoms with Gasteiger partial charge in [0.25, 0.3) is 0 Å². The largest absolute Gasteiger partial charge is 0.396 e.